The van der Waals surface area contributed by atoms with Gasteiger partial charge in [0.05, 0.1) is 24.9 Å². The fourth-order valence-corrected chi connectivity index (χ4v) is 4.34. The van der Waals surface area contributed by atoms with Crippen LogP contribution in [-0.4, -0.2) is 50.8 Å². The zero-order chi connectivity index (χ0) is 19.1. The third kappa shape index (κ3) is 2.50. The Hall–Kier alpha value is -2.91. The van der Waals surface area contributed by atoms with E-state index in [1.807, 2.05) is 42.2 Å². The molecule has 1 aromatic carbocycles. The van der Waals surface area contributed by atoms with E-state index in [1.54, 1.807) is 6.20 Å². The number of fused-ring (bicyclic) bond motifs is 3. The maximum atomic E-state index is 12.7. The Kier molecular flexibility index (Phi) is 4.06. The molecule has 3 aromatic rings. The van der Waals surface area contributed by atoms with Gasteiger partial charge in [0.25, 0.3) is 0 Å². The highest BCUT2D eigenvalue weighted by atomic mass is 32.1. The molecular formula is C19H17N6O2S-. The summed E-state index contributed by atoms with van der Waals surface area (Å²) in [5, 5.41) is 17.0. The van der Waals surface area contributed by atoms with Crippen LogP contribution >= 0.6 is 11.5 Å². The van der Waals surface area contributed by atoms with Gasteiger partial charge in [-0.25, -0.2) is 9.97 Å². The summed E-state index contributed by atoms with van der Waals surface area (Å²) in [4.78, 5) is 16.3. The van der Waals surface area contributed by atoms with Crippen LogP contribution in [0.3, 0.4) is 0 Å². The maximum Gasteiger partial charge on any atom is 0.175 e. The number of aromatic nitrogens is 4. The van der Waals surface area contributed by atoms with Crippen LogP contribution in [0.25, 0.3) is 22.0 Å². The monoisotopic (exact) mass is 393 g/mol. The van der Waals surface area contributed by atoms with E-state index in [9.17, 15) is 5.11 Å². The highest BCUT2D eigenvalue weighted by Crippen LogP contribution is 2.41. The van der Waals surface area contributed by atoms with Crippen molar-refractivity contribution in [3.05, 3.63) is 36.5 Å². The van der Waals surface area contributed by atoms with Gasteiger partial charge < -0.3 is 14.7 Å². The molecule has 2 aliphatic heterocycles. The summed E-state index contributed by atoms with van der Waals surface area (Å²) in [6, 6.07) is 9.84. The summed E-state index contributed by atoms with van der Waals surface area (Å²) in [5.74, 6) is 1.01. The first-order chi connectivity index (χ1) is 13.7. The summed E-state index contributed by atoms with van der Waals surface area (Å²) in [6.45, 7) is 3.43. The van der Waals surface area contributed by atoms with Crippen molar-refractivity contribution in [3.63, 3.8) is 0 Å². The van der Waals surface area contributed by atoms with Gasteiger partial charge >= 0.3 is 0 Å². The number of ether oxygens (including phenoxy) is 1. The van der Waals surface area contributed by atoms with Crippen LogP contribution in [0.4, 0.5) is 11.5 Å². The SMILES string of the molecule is CCC12COCCN1c1nc(-c3snnc3-c3ccccc3)ncc1N=C2[O-]. The van der Waals surface area contributed by atoms with E-state index in [0.29, 0.717) is 43.5 Å². The lowest BCUT2D eigenvalue weighted by atomic mass is 9.91. The van der Waals surface area contributed by atoms with E-state index < -0.39 is 5.54 Å². The van der Waals surface area contributed by atoms with E-state index in [0.717, 1.165) is 16.1 Å². The summed E-state index contributed by atoms with van der Waals surface area (Å²) in [7, 11) is 0. The number of hydrogen-bond acceptors (Lipinski definition) is 9. The van der Waals surface area contributed by atoms with Crippen LogP contribution in [0.2, 0.25) is 0 Å². The van der Waals surface area contributed by atoms with Crippen LogP contribution in [0, 0.1) is 0 Å². The first kappa shape index (κ1) is 17.2. The Morgan fingerprint density at radius 2 is 2.14 bits per heavy atom. The number of rotatable bonds is 3. The van der Waals surface area contributed by atoms with E-state index in [4.69, 9.17) is 9.72 Å². The standard InChI is InChI=1S/C19H18N6O2S/c1-2-19-11-27-9-8-25(19)17-13(21-18(19)26)10-20-16(22-17)15-14(23-24-28-15)12-6-4-3-5-7-12/h3-7,10H,2,8-9,11H2,1H3,(H,21,26)/p-1. The van der Waals surface area contributed by atoms with Crippen LogP contribution in [0.1, 0.15) is 13.3 Å². The van der Waals surface area contributed by atoms with Gasteiger partial charge in [0.1, 0.15) is 16.3 Å². The molecule has 2 aliphatic rings. The van der Waals surface area contributed by atoms with Crippen LogP contribution in [0.5, 0.6) is 0 Å². The second kappa shape index (κ2) is 6.61. The number of hydrogen-bond donors (Lipinski definition) is 0. The summed E-state index contributed by atoms with van der Waals surface area (Å²) < 4.78 is 9.73. The zero-order valence-corrected chi connectivity index (χ0v) is 16.0. The van der Waals surface area contributed by atoms with Crippen LogP contribution in [0.15, 0.2) is 41.5 Å². The molecule has 0 aliphatic carbocycles. The Morgan fingerprint density at radius 1 is 1.29 bits per heavy atom. The second-order valence-corrected chi connectivity index (χ2v) is 7.48. The van der Waals surface area contributed by atoms with Crippen LogP contribution in [-0.2, 0) is 4.74 Å². The van der Waals surface area contributed by atoms with Gasteiger partial charge in [-0.1, -0.05) is 41.7 Å². The van der Waals surface area contributed by atoms with Crippen molar-refractivity contribution in [2.45, 2.75) is 18.9 Å². The second-order valence-electron chi connectivity index (χ2n) is 6.73. The van der Waals surface area contributed by atoms with E-state index in [-0.39, 0.29) is 5.90 Å². The maximum absolute atomic E-state index is 12.7. The summed E-state index contributed by atoms with van der Waals surface area (Å²) >= 11 is 1.26. The number of benzene rings is 1. The average Bonchev–Trinajstić information content (AvgIpc) is 3.24. The first-order valence-electron chi connectivity index (χ1n) is 9.10. The lowest BCUT2D eigenvalue weighted by molar-refractivity contribution is -0.229. The molecule has 8 nitrogen and oxygen atoms in total. The lowest BCUT2D eigenvalue weighted by Crippen LogP contribution is -2.66. The Labute approximate surface area is 165 Å². The molecule has 2 aromatic heterocycles. The molecule has 1 unspecified atom stereocenters. The van der Waals surface area contributed by atoms with E-state index in [2.05, 4.69) is 19.6 Å². The molecule has 1 fully saturated rings. The fraction of sp³-hybridized carbons (Fsp3) is 0.316. The highest BCUT2D eigenvalue weighted by molar-refractivity contribution is 7.09. The van der Waals surface area contributed by atoms with Gasteiger partial charge in [-0.2, -0.15) is 0 Å². The van der Waals surface area contributed by atoms with Crippen molar-refractivity contribution in [1.29, 1.82) is 0 Å². The molecule has 4 heterocycles. The molecule has 0 spiro atoms. The van der Waals surface area contributed by atoms with Crippen molar-refractivity contribution in [2.24, 2.45) is 4.99 Å². The predicted molar refractivity (Wildman–Crippen MR) is 105 cm³/mol. The molecular weight excluding hydrogens is 376 g/mol. The predicted octanol–water partition coefficient (Wildman–Crippen LogP) is 2.05. The third-order valence-corrected chi connectivity index (χ3v) is 5.99. The molecule has 1 saturated heterocycles. The largest absolute Gasteiger partial charge is 0.860 e. The molecule has 0 radical (unpaired) electrons. The smallest absolute Gasteiger partial charge is 0.175 e. The number of anilines is 1. The van der Waals surface area contributed by atoms with Gasteiger partial charge in [-0.05, 0) is 23.9 Å². The third-order valence-electron chi connectivity index (χ3n) is 5.27. The summed E-state index contributed by atoms with van der Waals surface area (Å²) in [6.07, 6.45) is 2.21. The quantitative estimate of drug-likeness (QED) is 0.671. The Bertz CT molecular complexity index is 1050. The van der Waals surface area contributed by atoms with Crippen molar-refractivity contribution < 1.29 is 9.84 Å². The molecule has 142 valence electrons. The minimum atomic E-state index is -0.787. The topological polar surface area (TPSA) is 99.5 Å². The van der Waals surface area contributed by atoms with Crippen molar-refractivity contribution >= 4 is 28.9 Å². The molecule has 1 atom stereocenters. The van der Waals surface area contributed by atoms with E-state index in [1.165, 1.54) is 11.5 Å². The van der Waals surface area contributed by atoms with Crippen molar-refractivity contribution in [2.75, 3.05) is 24.7 Å². The number of morpholine rings is 1. The molecule has 28 heavy (non-hydrogen) atoms. The molecule has 9 heteroatoms. The van der Waals surface area contributed by atoms with Crippen molar-refractivity contribution in [1.82, 2.24) is 19.6 Å². The van der Waals surface area contributed by atoms with Gasteiger partial charge in [0.15, 0.2) is 11.6 Å². The number of aliphatic imine (C=N–C) groups is 1. The zero-order valence-electron chi connectivity index (χ0n) is 15.2. The molecule has 5 rings (SSSR count). The summed E-state index contributed by atoms with van der Waals surface area (Å²) in [5.41, 5.74) is 1.42. The normalized spacial score (nSPS) is 21.0. The first-order valence-corrected chi connectivity index (χ1v) is 9.87. The fourth-order valence-electron chi connectivity index (χ4n) is 3.71. The molecule has 0 N–H and O–H groups in total. The average molecular weight is 393 g/mol. The highest BCUT2D eigenvalue weighted by Gasteiger charge is 2.43. The van der Waals surface area contributed by atoms with Gasteiger partial charge in [-0.15, -0.1) is 5.10 Å². The Balaban J connectivity index is 1.63. The van der Waals surface area contributed by atoms with Crippen LogP contribution < -0.4 is 10.0 Å². The molecule has 0 amide bonds. The van der Waals surface area contributed by atoms with Gasteiger partial charge in [0, 0.05) is 12.1 Å². The Morgan fingerprint density at radius 3 is 2.96 bits per heavy atom. The minimum absolute atomic E-state index is 0.192. The lowest BCUT2D eigenvalue weighted by Gasteiger charge is -2.52. The van der Waals surface area contributed by atoms with Crippen molar-refractivity contribution in [3.8, 4) is 22.0 Å². The minimum Gasteiger partial charge on any atom is -0.860 e. The van der Waals surface area contributed by atoms with Gasteiger partial charge in [0.2, 0.25) is 0 Å². The molecule has 0 bridgehead atoms. The van der Waals surface area contributed by atoms with Gasteiger partial charge in [-0.3, -0.25) is 4.99 Å². The number of nitrogens with zero attached hydrogens (tertiary/aromatic N) is 6. The van der Waals surface area contributed by atoms with E-state index >= 15 is 0 Å². The molecule has 0 saturated carbocycles.